The fourth-order valence-electron chi connectivity index (χ4n) is 3.44. The molecule has 1 aromatic rings. The monoisotopic (exact) mass is 331 g/mol. The number of benzene rings is 1. The third kappa shape index (κ3) is 4.49. The summed E-state index contributed by atoms with van der Waals surface area (Å²) in [6, 6.07) is 4.64. The second kappa shape index (κ2) is 8.18. The number of hydrogen-bond acceptors (Lipinski definition) is 2. The lowest BCUT2D eigenvalue weighted by Gasteiger charge is -2.19. The maximum atomic E-state index is 14.2. The number of hydrogen-bond donors (Lipinski definition) is 2. The quantitative estimate of drug-likeness (QED) is 0.784. The molecule has 2 amide bonds. The second-order valence-corrected chi connectivity index (χ2v) is 6.60. The predicted molar refractivity (Wildman–Crippen MR) is 96.0 cm³/mol. The van der Waals surface area contributed by atoms with E-state index in [0.29, 0.717) is 17.9 Å². The summed E-state index contributed by atoms with van der Waals surface area (Å²) in [7, 11) is 0. The summed E-state index contributed by atoms with van der Waals surface area (Å²) in [5, 5.41) is 5.55. The van der Waals surface area contributed by atoms with Crippen molar-refractivity contribution in [2.75, 3.05) is 29.9 Å². The van der Waals surface area contributed by atoms with E-state index in [0.717, 1.165) is 45.2 Å². The van der Waals surface area contributed by atoms with Gasteiger partial charge in [0.15, 0.2) is 0 Å². The highest BCUT2D eigenvalue weighted by atomic mass is 19.1. The normalized spacial score (nSPS) is 17.5. The first kappa shape index (κ1) is 16.8. The minimum absolute atomic E-state index is 0.276. The van der Waals surface area contributed by atoms with Gasteiger partial charge in [0.25, 0.3) is 0 Å². The summed E-state index contributed by atoms with van der Waals surface area (Å²) < 4.78 is 14.2. The molecule has 1 fully saturated rings. The Morgan fingerprint density at radius 1 is 1.17 bits per heavy atom. The van der Waals surface area contributed by atoms with E-state index < -0.39 is 0 Å². The number of urea groups is 1. The molecular formula is C19H26FN3O. The average molecular weight is 331 g/mol. The molecule has 1 aliphatic carbocycles. The van der Waals surface area contributed by atoms with Gasteiger partial charge in [-0.15, -0.1) is 0 Å². The Bertz CT molecular complexity index is 609. The maximum Gasteiger partial charge on any atom is 0.319 e. The Morgan fingerprint density at radius 2 is 2.00 bits per heavy atom. The van der Waals surface area contributed by atoms with Gasteiger partial charge in [0.1, 0.15) is 5.82 Å². The molecule has 0 saturated carbocycles. The highest BCUT2D eigenvalue weighted by Crippen LogP contribution is 2.26. The van der Waals surface area contributed by atoms with Crippen LogP contribution in [0.3, 0.4) is 0 Å². The van der Waals surface area contributed by atoms with Gasteiger partial charge >= 0.3 is 6.03 Å². The SMILES string of the molecule is O=C(NCCC1=CCCCC1)Nc1ccc(N2CCCC2)c(F)c1. The van der Waals surface area contributed by atoms with Crippen LogP contribution < -0.4 is 15.5 Å². The standard InChI is InChI=1S/C19H26FN3O/c20-17-14-16(8-9-18(17)23-12-4-5-13-23)22-19(24)21-11-10-15-6-2-1-3-7-15/h6,8-9,14H,1-5,7,10-13H2,(H2,21,22,24). The number of nitrogens with one attached hydrogen (secondary N) is 2. The number of rotatable bonds is 5. The maximum absolute atomic E-state index is 14.2. The van der Waals surface area contributed by atoms with Crippen molar-refractivity contribution in [1.82, 2.24) is 5.32 Å². The molecular weight excluding hydrogens is 305 g/mol. The van der Waals surface area contributed by atoms with Gasteiger partial charge in [0.05, 0.1) is 5.69 Å². The Labute approximate surface area is 143 Å². The topological polar surface area (TPSA) is 44.4 Å². The highest BCUT2D eigenvalue weighted by Gasteiger charge is 2.16. The van der Waals surface area contributed by atoms with Crippen LogP contribution in [0.15, 0.2) is 29.8 Å². The largest absolute Gasteiger partial charge is 0.369 e. The molecule has 1 saturated heterocycles. The van der Waals surface area contributed by atoms with E-state index in [1.54, 1.807) is 12.1 Å². The van der Waals surface area contributed by atoms with Gasteiger partial charge in [-0.05, 0) is 63.1 Å². The fourth-order valence-corrected chi connectivity index (χ4v) is 3.44. The number of amides is 2. The van der Waals surface area contributed by atoms with Gasteiger partial charge in [-0.3, -0.25) is 0 Å². The van der Waals surface area contributed by atoms with E-state index in [1.807, 2.05) is 0 Å². The first-order valence-corrected chi connectivity index (χ1v) is 8.99. The summed E-state index contributed by atoms with van der Waals surface area (Å²) in [5.41, 5.74) is 2.55. The van der Waals surface area contributed by atoms with E-state index in [-0.39, 0.29) is 11.8 Å². The lowest BCUT2D eigenvalue weighted by Crippen LogP contribution is -2.30. The van der Waals surface area contributed by atoms with Gasteiger partial charge in [-0.25, -0.2) is 9.18 Å². The summed E-state index contributed by atoms with van der Waals surface area (Å²) in [6.07, 6.45) is 10.2. The van der Waals surface area contributed by atoms with Crippen LogP contribution in [0, 0.1) is 5.82 Å². The lowest BCUT2D eigenvalue weighted by atomic mass is 9.97. The van der Waals surface area contributed by atoms with Crippen molar-refractivity contribution < 1.29 is 9.18 Å². The molecule has 0 unspecified atom stereocenters. The first-order chi connectivity index (χ1) is 11.7. The molecule has 2 aliphatic rings. The predicted octanol–water partition coefficient (Wildman–Crippen LogP) is 4.44. The van der Waals surface area contributed by atoms with E-state index in [4.69, 9.17) is 0 Å². The molecule has 0 spiro atoms. The van der Waals surface area contributed by atoms with Crippen LogP contribution in [-0.4, -0.2) is 25.7 Å². The Balaban J connectivity index is 1.47. The van der Waals surface area contributed by atoms with E-state index in [1.165, 1.54) is 24.5 Å². The molecule has 0 atom stereocenters. The van der Waals surface area contributed by atoms with Crippen LogP contribution in [0.2, 0.25) is 0 Å². The molecule has 3 rings (SSSR count). The number of halogens is 1. The Morgan fingerprint density at radius 3 is 2.71 bits per heavy atom. The number of anilines is 2. The molecule has 130 valence electrons. The van der Waals surface area contributed by atoms with Gasteiger partial charge in [0.2, 0.25) is 0 Å². The smallest absolute Gasteiger partial charge is 0.319 e. The summed E-state index contributed by atoms with van der Waals surface area (Å²) >= 11 is 0. The van der Waals surface area contributed by atoms with Gasteiger partial charge in [-0.2, -0.15) is 0 Å². The molecule has 0 bridgehead atoms. The van der Waals surface area contributed by atoms with Crippen molar-refractivity contribution in [3.8, 4) is 0 Å². The highest BCUT2D eigenvalue weighted by molar-refractivity contribution is 5.89. The van der Waals surface area contributed by atoms with Crippen molar-refractivity contribution in [3.05, 3.63) is 35.7 Å². The van der Waals surface area contributed by atoms with Crippen molar-refractivity contribution in [2.24, 2.45) is 0 Å². The molecule has 5 heteroatoms. The zero-order chi connectivity index (χ0) is 16.8. The van der Waals surface area contributed by atoms with Crippen molar-refractivity contribution in [1.29, 1.82) is 0 Å². The zero-order valence-corrected chi connectivity index (χ0v) is 14.1. The van der Waals surface area contributed by atoms with Gasteiger partial charge < -0.3 is 15.5 Å². The van der Waals surface area contributed by atoms with Crippen LogP contribution in [0.5, 0.6) is 0 Å². The average Bonchev–Trinajstić information content (AvgIpc) is 3.10. The molecule has 24 heavy (non-hydrogen) atoms. The molecule has 4 nitrogen and oxygen atoms in total. The van der Waals surface area contributed by atoms with Gasteiger partial charge in [-0.1, -0.05) is 11.6 Å². The molecule has 1 heterocycles. The fraction of sp³-hybridized carbons (Fsp3) is 0.526. The van der Waals surface area contributed by atoms with E-state index in [9.17, 15) is 9.18 Å². The second-order valence-electron chi connectivity index (χ2n) is 6.60. The third-order valence-corrected chi connectivity index (χ3v) is 4.77. The van der Waals surface area contributed by atoms with Crippen molar-refractivity contribution >= 4 is 17.4 Å². The van der Waals surface area contributed by atoms with Crippen LogP contribution in [0.4, 0.5) is 20.6 Å². The Hall–Kier alpha value is -2.04. The Kier molecular flexibility index (Phi) is 5.72. The molecule has 1 aliphatic heterocycles. The zero-order valence-electron chi connectivity index (χ0n) is 14.1. The molecule has 0 aromatic heterocycles. The van der Waals surface area contributed by atoms with E-state index in [2.05, 4.69) is 21.6 Å². The number of allylic oxidation sites excluding steroid dienone is 1. The molecule has 2 N–H and O–H groups in total. The van der Waals surface area contributed by atoms with Crippen molar-refractivity contribution in [3.63, 3.8) is 0 Å². The lowest BCUT2D eigenvalue weighted by molar-refractivity contribution is 0.252. The molecule has 1 aromatic carbocycles. The summed E-state index contributed by atoms with van der Waals surface area (Å²) in [4.78, 5) is 14.0. The van der Waals surface area contributed by atoms with Crippen LogP contribution in [0.1, 0.15) is 44.9 Å². The van der Waals surface area contributed by atoms with Crippen LogP contribution >= 0.6 is 0 Å². The first-order valence-electron chi connectivity index (χ1n) is 8.99. The van der Waals surface area contributed by atoms with E-state index >= 15 is 0 Å². The third-order valence-electron chi connectivity index (χ3n) is 4.77. The minimum Gasteiger partial charge on any atom is -0.369 e. The van der Waals surface area contributed by atoms with Gasteiger partial charge in [0, 0.05) is 25.3 Å². The van der Waals surface area contributed by atoms with Crippen molar-refractivity contribution in [2.45, 2.75) is 44.9 Å². The van der Waals surface area contributed by atoms with Crippen LogP contribution in [-0.2, 0) is 0 Å². The number of carbonyl (C=O) groups excluding carboxylic acids is 1. The molecule has 0 radical (unpaired) electrons. The van der Waals surface area contributed by atoms with Crippen LogP contribution in [0.25, 0.3) is 0 Å². The minimum atomic E-state index is -0.278. The number of nitrogens with zero attached hydrogens (tertiary/aromatic N) is 1. The number of carbonyl (C=O) groups is 1. The summed E-state index contributed by atoms with van der Waals surface area (Å²) in [6.45, 7) is 2.42. The summed E-state index contributed by atoms with van der Waals surface area (Å²) in [5.74, 6) is -0.276.